The van der Waals surface area contributed by atoms with Crippen molar-refractivity contribution in [3.05, 3.63) is 176 Å². The molecule has 8 aromatic carbocycles. The van der Waals surface area contributed by atoms with Gasteiger partial charge >= 0.3 is 0 Å². The average molecular weight is 708 g/mol. The molecular formula is C49H29N3OS. The number of hydrogen-bond acceptors (Lipinski definition) is 5. The first-order chi connectivity index (χ1) is 26.8. The molecule has 0 radical (unpaired) electrons. The van der Waals surface area contributed by atoms with Crippen molar-refractivity contribution in [2.75, 3.05) is 0 Å². The maximum absolute atomic E-state index is 6.38. The molecule has 0 saturated heterocycles. The quantitative estimate of drug-likeness (QED) is 0.179. The van der Waals surface area contributed by atoms with Crippen LogP contribution >= 0.6 is 11.3 Å². The Bertz CT molecular complexity index is 3230. The average Bonchev–Trinajstić information content (AvgIpc) is 3.82. The molecule has 0 atom stereocenters. The van der Waals surface area contributed by atoms with Gasteiger partial charge in [0.1, 0.15) is 11.2 Å². The van der Waals surface area contributed by atoms with E-state index in [1.165, 1.54) is 30.9 Å². The van der Waals surface area contributed by atoms with E-state index in [1.807, 2.05) is 12.1 Å². The summed E-state index contributed by atoms with van der Waals surface area (Å²) in [6.07, 6.45) is 0. The lowest BCUT2D eigenvalue weighted by atomic mass is 9.94. The highest BCUT2D eigenvalue weighted by Crippen LogP contribution is 2.41. The number of rotatable bonds is 5. The fraction of sp³-hybridized carbons (Fsp3) is 0. The predicted octanol–water partition coefficient (Wildman–Crippen LogP) is 13.6. The van der Waals surface area contributed by atoms with Crippen molar-refractivity contribution in [1.82, 2.24) is 15.0 Å². The smallest absolute Gasteiger partial charge is 0.165 e. The summed E-state index contributed by atoms with van der Waals surface area (Å²) in [5, 5.41) is 7.05. The molecule has 3 heterocycles. The van der Waals surface area contributed by atoms with Crippen molar-refractivity contribution >= 4 is 64.2 Å². The number of furan rings is 1. The van der Waals surface area contributed by atoms with Crippen LogP contribution in [0.5, 0.6) is 0 Å². The lowest BCUT2D eigenvalue weighted by molar-refractivity contribution is 0.670. The van der Waals surface area contributed by atoms with E-state index in [4.69, 9.17) is 19.4 Å². The van der Waals surface area contributed by atoms with E-state index in [9.17, 15) is 0 Å². The molecule has 252 valence electrons. The van der Waals surface area contributed by atoms with Crippen LogP contribution in [-0.2, 0) is 0 Å². The maximum Gasteiger partial charge on any atom is 0.165 e. The molecule has 0 fully saturated rings. The van der Waals surface area contributed by atoms with Crippen LogP contribution in [0.15, 0.2) is 180 Å². The van der Waals surface area contributed by atoms with Gasteiger partial charge in [0.25, 0.3) is 0 Å². The van der Waals surface area contributed by atoms with E-state index in [1.54, 1.807) is 11.3 Å². The summed E-state index contributed by atoms with van der Waals surface area (Å²) in [6.45, 7) is 0. The Morgan fingerprint density at radius 1 is 0.352 bits per heavy atom. The van der Waals surface area contributed by atoms with Crippen molar-refractivity contribution in [2.45, 2.75) is 0 Å². The van der Waals surface area contributed by atoms with E-state index < -0.39 is 0 Å². The second-order valence-electron chi connectivity index (χ2n) is 13.5. The fourth-order valence-electron chi connectivity index (χ4n) is 7.82. The molecule has 0 spiro atoms. The van der Waals surface area contributed by atoms with Gasteiger partial charge in [0.05, 0.1) is 0 Å². The van der Waals surface area contributed by atoms with E-state index in [-0.39, 0.29) is 0 Å². The van der Waals surface area contributed by atoms with Gasteiger partial charge in [-0.15, -0.1) is 11.3 Å². The van der Waals surface area contributed by atoms with Crippen molar-refractivity contribution in [1.29, 1.82) is 0 Å². The van der Waals surface area contributed by atoms with E-state index >= 15 is 0 Å². The minimum absolute atomic E-state index is 0.620. The minimum atomic E-state index is 0.620. The van der Waals surface area contributed by atoms with Gasteiger partial charge in [0.2, 0.25) is 0 Å². The van der Waals surface area contributed by atoms with Crippen LogP contribution in [0.1, 0.15) is 0 Å². The summed E-state index contributed by atoms with van der Waals surface area (Å²) < 4.78 is 8.79. The monoisotopic (exact) mass is 707 g/mol. The van der Waals surface area contributed by atoms with Gasteiger partial charge in [0.15, 0.2) is 17.5 Å². The molecule has 0 bridgehead atoms. The maximum atomic E-state index is 6.38. The van der Waals surface area contributed by atoms with Crippen LogP contribution in [-0.4, -0.2) is 15.0 Å². The second-order valence-corrected chi connectivity index (χ2v) is 14.6. The summed E-state index contributed by atoms with van der Waals surface area (Å²) in [5.74, 6) is 1.90. The first kappa shape index (κ1) is 30.7. The van der Waals surface area contributed by atoms with Gasteiger partial charge in [-0.1, -0.05) is 158 Å². The molecule has 0 amide bonds. The fourth-order valence-corrected chi connectivity index (χ4v) is 9.03. The van der Waals surface area contributed by atoms with Gasteiger partial charge in [-0.2, -0.15) is 0 Å². The van der Waals surface area contributed by atoms with Gasteiger partial charge in [-0.3, -0.25) is 0 Å². The molecule has 11 aromatic rings. The minimum Gasteiger partial charge on any atom is -0.455 e. The zero-order valence-corrected chi connectivity index (χ0v) is 29.7. The molecule has 0 unspecified atom stereocenters. The molecule has 0 N–H and O–H groups in total. The van der Waals surface area contributed by atoms with Crippen molar-refractivity contribution in [3.63, 3.8) is 0 Å². The largest absolute Gasteiger partial charge is 0.455 e. The van der Waals surface area contributed by atoms with Gasteiger partial charge in [0, 0.05) is 53.2 Å². The lowest BCUT2D eigenvalue weighted by Crippen LogP contribution is -2.01. The highest BCUT2D eigenvalue weighted by atomic mass is 32.1. The Kier molecular flexibility index (Phi) is 7.00. The SMILES string of the molecule is c1ccc(-c2cccc3ccccc23)c(-c2nc(-c3ccc(-c4cccc5c4oc4ccccc45)cc3)nc(-c3cccc4c3sc3ccccc34)n2)c1. The highest BCUT2D eigenvalue weighted by molar-refractivity contribution is 7.26. The number of benzene rings is 8. The number of fused-ring (bicyclic) bond motifs is 7. The molecule has 0 aliphatic carbocycles. The highest BCUT2D eigenvalue weighted by Gasteiger charge is 2.19. The molecule has 0 aliphatic rings. The second kappa shape index (κ2) is 12.3. The number of aromatic nitrogens is 3. The number of nitrogens with zero attached hydrogens (tertiary/aromatic N) is 3. The van der Waals surface area contributed by atoms with Crippen LogP contribution in [0.3, 0.4) is 0 Å². The standard InChI is InChI=1S/C49H29N3OS/c1-2-14-33-30(12-1)13-9-20-35(33)36-15-3-4-18-41(36)48-50-47(51-49(52-48)42-23-11-22-40-38-17-6-8-25-44(38)54-46(40)42)32-28-26-31(27-29-32)34-19-10-21-39-37-16-5-7-24-43(37)53-45(34)39/h1-29H. The summed E-state index contributed by atoms with van der Waals surface area (Å²) in [7, 11) is 0. The molecule has 11 rings (SSSR count). The molecule has 4 nitrogen and oxygen atoms in total. The Hall–Kier alpha value is -6.95. The topological polar surface area (TPSA) is 51.8 Å². The van der Waals surface area contributed by atoms with Crippen LogP contribution in [0.2, 0.25) is 0 Å². The van der Waals surface area contributed by atoms with E-state index in [0.717, 1.165) is 60.9 Å². The zero-order valence-electron chi connectivity index (χ0n) is 28.9. The normalized spacial score (nSPS) is 11.7. The first-order valence-corrected chi connectivity index (χ1v) is 18.8. The third-order valence-electron chi connectivity index (χ3n) is 10.4. The van der Waals surface area contributed by atoms with Gasteiger partial charge in [-0.05, 0) is 45.7 Å². The van der Waals surface area contributed by atoms with Crippen molar-refractivity contribution in [3.8, 4) is 56.4 Å². The molecule has 5 heteroatoms. The van der Waals surface area contributed by atoms with Crippen LogP contribution in [0, 0.1) is 0 Å². The molecule has 54 heavy (non-hydrogen) atoms. The number of para-hydroxylation sites is 2. The zero-order chi connectivity index (χ0) is 35.6. The first-order valence-electron chi connectivity index (χ1n) is 18.0. The Balaban J connectivity index is 1.10. The van der Waals surface area contributed by atoms with Crippen molar-refractivity contribution < 1.29 is 4.42 Å². The lowest BCUT2D eigenvalue weighted by Gasteiger charge is -2.14. The Morgan fingerprint density at radius 3 is 1.78 bits per heavy atom. The summed E-state index contributed by atoms with van der Waals surface area (Å²) >= 11 is 1.78. The molecular weight excluding hydrogens is 679 g/mol. The van der Waals surface area contributed by atoms with Crippen LogP contribution in [0.25, 0.3) is 109 Å². The van der Waals surface area contributed by atoms with E-state index in [0.29, 0.717) is 17.5 Å². The third kappa shape index (κ3) is 4.94. The van der Waals surface area contributed by atoms with Gasteiger partial charge < -0.3 is 4.42 Å². The molecule has 0 saturated carbocycles. The molecule has 3 aromatic heterocycles. The van der Waals surface area contributed by atoms with Crippen LogP contribution < -0.4 is 0 Å². The van der Waals surface area contributed by atoms with Crippen LogP contribution in [0.4, 0.5) is 0 Å². The summed E-state index contributed by atoms with van der Waals surface area (Å²) in [5.41, 5.74) is 8.96. The predicted molar refractivity (Wildman–Crippen MR) is 225 cm³/mol. The van der Waals surface area contributed by atoms with E-state index in [2.05, 4.69) is 164 Å². The summed E-state index contributed by atoms with van der Waals surface area (Å²) in [4.78, 5) is 15.7. The van der Waals surface area contributed by atoms with Crippen molar-refractivity contribution in [2.24, 2.45) is 0 Å². The third-order valence-corrected chi connectivity index (χ3v) is 11.6. The van der Waals surface area contributed by atoms with Gasteiger partial charge in [-0.25, -0.2) is 15.0 Å². The number of thiophene rings is 1. The summed E-state index contributed by atoms with van der Waals surface area (Å²) in [6, 6.07) is 61.5. The number of hydrogen-bond donors (Lipinski definition) is 0. The Morgan fingerprint density at radius 2 is 0.907 bits per heavy atom. The molecule has 0 aliphatic heterocycles. The Labute approximate surface area is 314 Å².